The number of methoxy groups -OCH3 is 1. The first kappa shape index (κ1) is 18.3. The average molecular weight is 308 g/mol. The Morgan fingerprint density at radius 1 is 1.18 bits per heavy atom. The van der Waals surface area contributed by atoms with Crippen molar-refractivity contribution in [1.29, 1.82) is 0 Å². The van der Waals surface area contributed by atoms with Crippen molar-refractivity contribution in [3.63, 3.8) is 0 Å². The second kappa shape index (κ2) is 10.9. The number of benzene rings is 1. The highest BCUT2D eigenvalue weighted by atomic mass is 16.5. The fourth-order valence-electron chi connectivity index (χ4n) is 2.05. The molecule has 0 bridgehead atoms. The van der Waals surface area contributed by atoms with Gasteiger partial charge in [-0.05, 0) is 31.0 Å². The Morgan fingerprint density at radius 2 is 2.00 bits per heavy atom. The zero-order valence-electron chi connectivity index (χ0n) is 13.7. The number of amides is 1. The van der Waals surface area contributed by atoms with Crippen LogP contribution in [0.1, 0.15) is 49.4 Å². The summed E-state index contributed by atoms with van der Waals surface area (Å²) in [6, 6.07) is 5.16. The van der Waals surface area contributed by atoms with Gasteiger partial charge in [0, 0.05) is 25.8 Å². The van der Waals surface area contributed by atoms with Crippen LogP contribution in [0.4, 0.5) is 5.69 Å². The highest BCUT2D eigenvalue weighted by Gasteiger charge is 2.08. The van der Waals surface area contributed by atoms with E-state index in [-0.39, 0.29) is 5.91 Å². The van der Waals surface area contributed by atoms with Gasteiger partial charge < -0.3 is 20.5 Å². The fraction of sp³-hybridized carbons (Fsp3) is 0.588. The first-order chi connectivity index (χ1) is 10.7. The molecule has 22 heavy (non-hydrogen) atoms. The molecule has 5 nitrogen and oxygen atoms in total. The van der Waals surface area contributed by atoms with Crippen molar-refractivity contribution in [2.75, 3.05) is 32.6 Å². The number of anilines is 1. The molecule has 0 fully saturated rings. The molecule has 0 heterocycles. The minimum Gasteiger partial charge on any atom is -0.491 e. The van der Waals surface area contributed by atoms with Crippen molar-refractivity contribution < 1.29 is 14.3 Å². The Kier molecular flexibility index (Phi) is 9.07. The van der Waals surface area contributed by atoms with Crippen molar-refractivity contribution in [3.05, 3.63) is 23.8 Å². The monoisotopic (exact) mass is 308 g/mol. The third-order valence-electron chi connectivity index (χ3n) is 3.34. The summed E-state index contributed by atoms with van der Waals surface area (Å²) in [5.41, 5.74) is 7.00. The molecule has 0 saturated carbocycles. The molecule has 0 saturated heterocycles. The molecule has 1 amide bonds. The lowest BCUT2D eigenvalue weighted by atomic mass is 10.1. The van der Waals surface area contributed by atoms with Crippen LogP contribution < -0.4 is 15.8 Å². The summed E-state index contributed by atoms with van der Waals surface area (Å²) < 4.78 is 10.6. The van der Waals surface area contributed by atoms with E-state index < -0.39 is 0 Å². The second-order valence-electron chi connectivity index (χ2n) is 5.26. The highest BCUT2D eigenvalue weighted by Crippen LogP contribution is 2.23. The maximum Gasteiger partial charge on any atom is 0.251 e. The summed E-state index contributed by atoms with van der Waals surface area (Å²) >= 11 is 0. The van der Waals surface area contributed by atoms with E-state index in [0.717, 1.165) is 12.8 Å². The molecule has 1 rings (SSSR count). The predicted molar refractivity (Wildman–Crippen MR) is 89.3 cm³/mol. The van der Waals surface area contributed by atoms with Crippen LogP contribution in [-0.4, -0.2) is 32.8 Å². The van der Waals surface area contributed by atoms with Crippen molar-refractivity contribution in [2.24, 2.45) is 0 Å². The number of nitrogens with two attached hydrogens (primary N) is 1. The van der Waals surface area contributed by atoms with Crippen LogP contribution in [-0.2, 0) is 4.74 Å². The van der Waals surface area contributed by atoms with Crippen LogP contribution in [0, 0.1) is 0 Å². The molecule has 0 radical (unpaired) electrons. The number of ether oxygens (including phenoxy) is 2. The van der Waals surface area contributed by atoms with Gasteiger partial charge in [-0.1, -0.05) is 26.2 Å². The first-order valence-electron chi connectivity index (χ1n) is 7.98. The van der Waals surface area contributed by atoms with Gasteiger partial charge in [0.1, 0.15) is 5.75 Å². The Balaban J connectivity index is 2.41. The highest BCUT2D eigenvalue weighted by molar-refractivity contribution is 5.95. The van der Waals surface area contributed by atoms with Gasteiger partial charge in [-0.3, -0.25) is 4.79 Å². The number of hydrogen-bond acceptors (Lipinski definition) is 4. The number of carbonyl (C=O) groups excluding carboxylic acids is 1. The average Bonchev–Trinajstić information content (AvgIpc) is 2.52. The van der Waals surface area contributed by atoms with E-state index in [9.17, 15) is 4.79 Å². The van der Waals surface area contributed by atoms with Gasteiger partial charge in [-0.2, -0.15) is 0 Å². The third-order valence-corrected chi connectivity index (χ3v) is 3.34. The Hall–Kier alpha value is -1.75. The molecular formula is C17H28N2O3. The topological polar surface area (TPSA) is 73.6 Å². The molecule has 1 aromatic carbocycles. The Morgan fingerprint density at radius 3 is 2.68 bits per heavy atom. The maximum absolute atomic E-state index is 12.0. The normalized spacial score (nSPS) is 10.5. The summed E-state index contributed by atoms with van der Waals surface area (Å²) in [6.07, 6.45) is 5.40. The van der Waals surface area contributed by atoms with Crippen LogP contribution in [0.2, 0.25) is 0 Å². The van der Waals surface area contributed by atoms with Gasteiger partial charge in [0.15, 0.2) is 0 Å². The molecule has 0 aliphatic carbocycles. The summed E-state index contributed by atoms with van der Waals surface area (Å²) in [5.74, 6) is 0.518. The van der Waals surface area contributed by atoms with Gasteiger partial charge in [-0.15, -0.1) is 0 Å². The minimum atomic E-state index is -0.128. The van der Waals surface area contributed by atoms with Gasteiger partial charge in [-0.25, -0.2) is 0 Å². The summed E-state index contributed by atoms with van der Waals surface area (Å²) in [5, 5.41) is 2.83. The van der Waals surface area contributed by atoms with Crippen LogP contribution >= 0.6 is 0 Å². The van der Waals surface area contributed by atoms with Gasteiger partial charge in [0.05, 0.1) is 12.3 Å². The lowest BCUT2D eigenvalue weighted by Gasteiger charge is -2.10. The lowest BCUT2D eigenvalue weighted by molar-refractivity contribution is 0.0948. The first-order valence-corrected chi connectivity index (χ1v) is 7.98. The van der Waals surface area contributed by atoms with E-state index >= 15 is 0 Å². The molecule has 0 aromatic heterocycles. The summed E-state index contributed by atoms with van der Waals surface area (Å²) in [7, 11) is 1.64. The van der Waals surface area contributed by atoms with Crippen LogP contribution in [0.5, 0.6) is 5.75 Å². The Labute approximate surface area is 133 Å². The number of rotatable bonds is 11. The molecule has 1 aromatic rings. The maximum atomic E-state index is 12.0. The third kappa shape index (κ3) is 6.80. The number of hydrogen-bond donors (Lipinski definition) is 2. The summed E-state index contributed by atoms with van der Waals surface area (Å²) in [4.78, 5) is 12.0. The number of nitrogen functional groups attached to an aromatic ring is 1. The standard InChI is InChI=1S/C17H28N2O3/c1-3-4-5-6-12-22-16-9-8-14(13-15(16)18)17(20)19-10-7-11-21-2/h8-9,13H,3-7,10-12,18H2,1-2H3,(H,19,20). The zero-order chi connectivity index (χ0) is 16.2. The molecule has 0 unspecified atom stereocenters. The Bertz CT molecular complexity index is 450. The predicted octanol–water partition coefficient (Wildman–Crippen LogP) is 2.99. The SMILES string of the molecule is CCCCCCOc1ccc(C(=O)NCCCOC)cc1N. The van der Waals surface area contributed by atoms with Crippen LogP contribution in [0.25, 0.3) is 0 Å². The quantitative estimate of drug-likeness (QED) is 0.487. The minimum absolute atomic E-state index is 0.128. The fourth-order valence-corrected chi connectivity index (χ4v) is 2.05. The largest absolute Gasteiger partial charge is 0.491 e. The molecule has 0 atom stereocenters. The molecule has 3 N–H and O–H groups in total. The van der Waals surface area contributed by atoms with E-state index in [1.54, 1.807) is 25.3 Å². The molecule has 0 aliphatic heterocycles. The van der Waals surface area contributed by atoms with E-state index in [1.807, 2.05) is 0 Å². The van der Waals surface area contributed by atoms with Crippen molar-refractivity contribution in [1.82, 2.24) is 5.32 Å². The van der Waals surface area contributed by atoms with E-state index in [2.05, 4.69) is 12.2 Å². The van der Waals surface area contributed by atoms with Crippen LogP contribution in [0.15, 0.2) is 18.2 Å². The van der Waals surface area contributed by atoms with Crippen LogP contribution in [0.3, 0.4) is 0 Å². The van der Waals surface area contributed by atoms with E-state index in [1.165, 1.54) is 19.3 Å². The second-order valence-corrected chi connectivity index (χ2v) is 5.26. The lowest BCUT2D eigenvalue weighted by Crippen LogP contribution is -2.25. The van der Waals surface area contributed by atoms with E-state index in [0.29, 0.717) is 36.8 Å². The van der Waals surface area contributed by atoms with Gasteiger partial charge in [0.25, 0.3) is 5.91 Å². The van der Waals surface area contributed by atoms with Crippen molar-refractivity contribution >= 4 is 11.6 Å². The summed E-state index contributed by atoms with van der Waals surface area (Å²) in [6.45, 7) is 4.06. The number of unbranched alkanes of at least 4 members (excludes halogenated alkanes) is 3. The molecular weight excluding hydrogens is 280 g/mol. The van der Waals surface area contributed by atoms with E-state index in [4.69, 9.17) is 15.2 Å². The van der Waals surface area contributed by atoms with Gasteiger partial charge >= 0.3 is 0 Å². The molecule has 0 spiro atoms. The zero-order valence-corrected chi connectivity index (χ0v) is 13.7. The van der Waals surface area contributed by atoms with Crippen molar-refractivity contribution in [2.45, 2.75) is 39.0 Å². The molecule has 5 heteroatoms. The smallest absolute Gasteiger partial charge is 0.251 e. The number of nitrogens with one attached hydrogen (secondary N) is 1. The van der Waals surface area contributed by atoms with Crippen molar-refractivity contribution in [3.8, 4) is 5.75 Å². The number of carbonyl (C=O) groups is 1. The molecule has 0 aliphatic rings. The molecule has 124 valence electrons. The van der Waals surface area contributed by atoms with Gasteiger partial charge in [0.2, 0.25) is 0 Å².